The van der Waals surface area contributed by atoms with E-state index in [1.165, 1.54) is 36.3 Å². The minimum Gasteiger partial charge on any atom is -0.508 e. The summed E-state index contributed by atoms with van der Waals surface area (Å²) < 4.78 is 18.9. The Morgan fingerprint density at radius 3 is 2.22 bits per heavy atom. The molecule has 4 rings (SSSR count). The maximum atomic E-state index is 13.5. The van der Waals surface area contributed by atoms with Gasteiger partial charge in [0, 0.05) is 6.54 Å². The zero-order valence-corrected chi connectivity index (χ0v) is 20.6. The van der Waals surface area contributed by atoms with Gasteiger partial charge in [0.25, 0.3) is 11.7 Å². The van der Waals surface area contributed by atoms with Crippen molar-refractivity contribution in [1.29, 1.82) is 0 Å². The third-order valence-electron chi connectivity index (χ3n) is 6.34. The van der Waals surface area contributed by atoms with E-state index < -0.39 is 23.5 Å². The molecule has 186 valence electrons. The number of aliphatic hydroxyl groups excluding tert-OH is 1. The molecule has 7 heteroatoms. The fourth-order valence-corrected chi connectivity index (χ4v) is 4.34. The Labute approximate surface area is 209 Å². The lowest BCUT2D eigenvalue weighted by molar-refractivity contribution is -0.140. The van der Waals surface area contributed by atoms with Gasteiger partial charge in [0.05, 0.1) is 24.3 Å². The number of rotatable bonds is 5. The minimum absolute atomic E-state index is 0.0202. The summed E-state index contributed by atoms with van der Waals surface area (Å²) in [4.78, 5) is 27.9. The number of amides is 1. The van der Waals surface area contributed by atoms with Crippen molar-refractivity contribution in [2.24, 2.45) is 0 Å². The summed E-state index contributed by atoms with van der Waals surface area (Å²) in [5.74, 6) is -2.01. The van der Waals surface area contributed by atoms with Crippen LogP contribution in [0.25, 0.3) is 5.76 Å². The predicted molar refractivity (Wildman–Crippen MR) is 134 cm³/mol. The number of benzene rings is 3. The van der Waals surface area contributed by atoms with E-state index in [0.29, 0.717) is 22.4 Å². The molecule has 1 saturated heterocycles. The molecule has 2 N–H and O–H groups in total. The molecule has 0 aliphatic carbocycles. The number of hydrogen-bond acceptors (Lipinski definition) is 5. The van der Waals surface area contributed by atoms with Crippen LogP contribution in [0.1, 0.15) is 49.1 Å². The summed E-state index contributed by atoms with van der Waals surface area (Å²) in [6, 6.07) is 16.2. The normalized spacial score (nSPS) is 17.5. The monoisotopic (exact) mass is 489 g/mol. The van der Waals surface area contributed by atoms with Crippen molar-refractivity contribution in [1.82, 2.24) is 4.90 Å². The van der Waals surface area contributed by atoms with Crippen molar-refractivity contribution in [3.8, 4) is 11.5 Å². The highest BCUT2D eigenvalue weighted by atomic mass is 19.1. The Kier molecular flexibility index (Phi) is 6.59. The molecule has 0 radical (unpaired) electrons. The van der Waals surface area contributed by atoms with E-state index in [0.717, 1.165) is 5.56 Å². The van der Waals surface area contributed by atoms with Gasteiger partial charge in [-0.1, -0.05) is 51.1 Å². The van der Waals surface area contributed by atoms with Gasteiger partial charge in [-0.15, -0.1) is 0 Å². The minimum atomic E-state index is -0.932. The molecule has 1 amide bonds. The number of methoxy groups -OCH3 is 1. The van der Waals surface area contributed by atoms with Crippen LogP contribution in [-0.4, -0.2) is 33.9 Å². The molecule has 36 heavy (non-hydrogen) atoms. The van der Waals surface area contributed by atoms with Crippen molar-refractivity contribution in [3.05, 3.63) is 100 Å². The number of carbonyl (C=O) groups excluding carboxylic acids is 2. The second kappa shape index (κ2) is 9.49. The molecule has 1 fully saturated rings. The van der Waals surface area contributed by atoms with Crippen molar-refractivity contribution in [2.45, 2.75) is 38.8 Å². The van der Waals surface area contributed by atoms with E-state index in [4.69, 9.17) is 4.74 Å². The summed E-state index contributed by atoms with van der Waals surface area (Å²) in [6.45, 7) is 6.09. The zero-order chi connectivity index (χ0) is 26.2. The Morgan fingerprint density at radius 1 is 1.00 bits per heavy atom. The first kappa shape index (κ1) is 25.0. The summed E-state index contributed by atoms with van der Waals surface area (Å²) in [7, 11) is 1.47. The summed E-state index contributed by atoms with van der Waals surface area (Å²) in [5, 5.41) is 21.3. The van der Waals surface area contributed by atoms with Gasteiger partial charge >= 0.3 is 0 Å². The number of carbonyl (C=O) groups is 2. The first-order chi connectivity index (χ1) is 17.0. The van der Waals surface area contributed by atoms with Gasteiger partial charge in [-0.2, -0.15) is 0 Å². The summed E-state index contributed by atoms with van der Waals surface area (Å²) in [5.41, 5.74) is 2.03. The van der Waals surface area contributed by atoms with E-state index in [2.05, 4.69) is 0 Å². The lowest BCUT2D eigenvalue weighted by Crippen LogP contribution is -2.29. The van der Waals surface area contributed by atoms with Crippen molar-refractivity contribution in [2.75, 3.05) is 7.11 Å². The molecular formula is C29H28FNO5. The van der Waals surface area contributed by atoms with Crippen molar-refractivity contribution < 1.29 is 28.9 Å². The number of ether oxygens (including phenoxy) is 1. The molecule has 3 aromatic carbocycles. The smallest absolute Gasteiger partial charge is 0.295 e. The number of likely N-dealkylation sites (tertiary alicyclic amines) is 1. The Bertz CT molecular complexity index is 1340. The van der Waals surface area contributed by atoms with Gasteiger partial charge in [-0.25, -0.2) is 4.39 Å². The Hall–Kier alpha value is -4.13. The molecule has 0 spiro atoms. The van der Waals surface area contributed by atoms with Crippen molar-refractivity contribution >= 4 is 17.4 Å². The SMILES string of the molecule is COc1ccc(C(C)(C)C)cc1/C(O)=C1\C(=O)C(=O)N(Cc2ccc(F)cc2)C1c1ccc(O)cc1. The number of aliphatic hydroxyl groups is 1. The first-order valence-corrected chi connectivity index (χ1v) is 11.5. The number of halogens is 1. The lowest BCUT2D eigenvalue weighted by Gasteiger charge is -2.26. The number of phenolic OH excluding ortho intramolecular Hbond substituents is 1. The quantitative estimate of drug-likeness (QED) is 0.282. The number of ketones is 1. The summed E-state index contributed by atoms with van der Waals surface area (Å²) in [6.07, 6.45) is 0. The average molecular weight is 490 g/mol. The van der Waals surface area contributed by atoms with E-state index in [1.54, 1.807) is 36.4 Å². The van der Waals surface area contributed by atoms with E-state index >= 15 is 0 Å². The number of nitrogens with zero attached hydrogens (tertiary/aromatic N) is 1. The first-order valence-electron chi connectivity index (χ1n) is 11.5. The highest BCUT2D eigenvalue weighted by Crippen LogP contribution is 2.42. The van der Waals surface area contributed by atoms with Crippen molar-refractivity contribution in [3.63, 3.8) is 0 Å². The van der Waals surface area contributed by atoms with Crippen LogP contribution in [0.15, 0.2) is 72.3 Å². The molecule has 0 aromatic heterocycles. The fraction of sp³-hybridized carbons (Fsp3) is 0.241. The lowest BCUT2D eigenvalue weighted by atomic mass is 9.85. The third-order valence-corrected chi connectivity index (χ3v) is 6.34. The second-order valence-corrected chi connectivity index (χ2v) is 9.81. The number of phenols is 1. The van der Waals surface area contributed by atoms with Crippen LogP contribution in [0, 0.1) is 5.82 Å². The van der Waals surface area contributed by atoms with Crippen LogP contribution in [0.5, 0.6) is 11.5 Å². The molecule has 1 heterocycles. The third kappa shape index (κ3) is 4.69. The number of aromatic hydroxyl groups is 1. The topological polar surface area (TPSA) is 87.1 Å². The standard InChI is InChI=1S/C29H28FNO5/c1-29(2,3)19-9-14-23(36-4)22(15-19)26(33)24-25(18-7-12-21(32)13-8-18)31(28(35)27(24)34)16-17-5-10-20(30)11-6-17/h5-15,25,32-33H,16H2,1-4H3/b26-24+. The second-order valence-electron chi connectivity index (χ2n) is 9.81. The molecule has 6 nitrogen and oxygen atoms in total. The van der Waals surface area contributed by atoms with Gasteiger partial charge < -0.3 is 19.8 Å². The maximum Gasteiger partial charge on any atom is 0.295 e. The van der Waals surface area contributed by atoms with Gasteiger partial charge in [0.2, 0.25) is 0 Å². The predicted octanol–water partition coefficient (Wildman–Crippen LogP) is 5.46. The molecule has 3 aromatic rings. The Morgan fingerprint density at radius 2 is 1.64 bits per heavy atom. The summed E-state index contributed by atoms with van der Waals surface area (Å²) >= 11 is 0. The fourth-order valence-electron chi connectivity index (χ4n) is 4.34. The molecule has 0 saturated carbocycles. The highest BCUT2D eigenvalue weighted by molar-refractivity contribution is 6.46. The molecule has 1 aliphatic rings. The van der Waals surface area contributed by atoms with E-state index in [1.807, 2.05) is 26.8 Å². The van der Waals surface area contributed by atoms with Crippen LogP contribution in [0.3, 0.4) is 0 Å². The number of Topliss-reactive ketones (excluding diaryl/α,β-unsaturated/α-hetero) is 1. The van der Waals surface area contributed by atoms with Crippen LogP contribution in [0.4, 0.5) is 4.39 Å². The molecule has 0 bridgehead atoms. The van der Waals surface area contributed by atoms with Gasteiger partial charge in [-0.3, -0.25) is 9.59 Å². The molecule has 1 atom stereocenters. The van der Waals surface area contributed by atoms with Crippen LogP contribution in [0.2, 0.25) is 0 Å². The largest absolute Gasteiger partial charge is 0.508 e. The van der Waals surface area contributed by atoms with Crippen LogP contribution >= 0.6 is 0 Å². The number of hydrogen-bond donors (Lipinski definition) is 2. The van der Waals surface area contributed by atoms with Gasteiger partial charge in [-0.05, 0) is 58.5 Å². The van der Waals surface area contributed by atoms with Gasteiger partial charge in [0.1, 0.15) is 23.1 Å². The molecule has 1 unspecified atom stereocenters. The molecule has 1 aliphatic heterocycles. The molecular weight excluding hydrogens is 461 g/mol. The van der Waals surface area contributed by atoms with Crippen LogP contribution in [-0.2, 0) is 21.5 Å². The Balaban J connectivity index is 1.91. The van der Waals surface area contributed by atoms with Crippen LogP contribution < -0.4 is 4.74 Å². The van der Waals surface area contributed by atoms with E-state index in [-0.39, 0.29) is 29.0 Å². The van der Waals surface area contributed by atoms with Gasteiger partial charge in [0.15, 0.2) is 0 Å². The zero-order valence-electron chi connectivity index (χ0n) is 20.6. The maximum absolute atomic E-state index is 13.5. The van der Waals surface area contributed by atoms with E-state index in [9.17, 15) is 24.2 Å². The average Bonchev–Trinajstić information content (AvgIpc) is 3.09. The highest BCUT2D eigenvalue weighted by Gasteiger charge is 2.46.